The van der Waals surface area contributed by atoms with Crippen LogP contribution in [0, 0.1) is 0 Å². The number of amides is 1. The predicted octanol–water partition coefficient (Wildman–Crippen LogP) is 3.04. The molecule has 0 saturated carbocycles. The average Bonchev–Trinajstić information content (AvgIpc) is 2.29. The third kappa shape index (κ3) is 2.37. The number of aromatic carboxylic acids is 1. The van der Waals surface area contributed by atoms with Crippen LogP contribution < -0.4 is 4.90 Å². The van der Waals surface area contributed by atoms with Gasteiger partial charge < -0.3 is 9.84 Å². The number of rotatable bonds is 2. The van der Waals surface area contributed by atoms with Crippen molar-refractivity contribution in [3.05, 3.63) is 27.7 Å². The van der Waals surface area contributed by atoms with Gasteiger partial charge in [-0.1, -0.05) is 23.2 Å². The van der Waals surface area contributed by atoms with Crippen LogP contribution in [-0.2, 0) is 4.74 Å². The van der Waals surface area contributed by atoms with Crippen LogP contribution in [0.3, 0.4) is 0 Å². The van der Waals surface area contributed by atoms with Crippen molar-refractivity contribution >= 4 is 41.0 Å². The monoisotopic (exact) mass is 289 g/mol. The van der Waals surface area contributed by atoms with Crippen LogP contribution in [0.25, 0.3) is 0 Å². The van der Waals surface area contributed by atoms with Gasteiger partial charge in [-0.25, -0.2) is 9.59 Å². The number of benzene rings is 1. The normalized spacial score (nSPS) is 15.4. The zero-order valence-corrected chi connectivity index (χ0v) is 10.7. The maximum Gasteiger partial charge on any atom is 0.414 e. The molecular weight excluding hydrogens is 281 g/mol. The van der Waals surface area contributed by atoms with E-state index in [-0.39, 0.29) is 21.3 Å². The maximum absolute atomic E-state index is 11.6. The molecule has 0 unspecified atom stereocenters. The third-order valence-corrected chi connectivity index (χ3v) is 3.01. The molecule has 0 radical (unpaired) electrons. The summed E-state index contributed by atoms with van der Waals surface area (Å²) in [5, 5.41) is 9.45. The fourth-order valence-corrected chi connectivity index (χ4v) is 2.35. The van der Waals surface area contributed by atoms with Crippen molar-refractivity contribution in [1.82, 2.24) is 0 Å². The van der Waals surface area contributed by atoms with Gasteiger partial charge in [-0.2, -0.15) is 0 Å². The molecule has 1 heterocycles. The predicted molar refractivity (Wildman–Crippen MR) is 66.7 cm³/mol. The van der Waals surface area contributed by atoms with Gasteiger partial charge in [0.25, 0.3) is 0 Å². The van der Waals surface area contributed by atoms with Crippen LogP contribution in [0.1, 0.15) is 16.8 Å². The Bertz CT molecular complexity index is 518. The molecule has 2 rings (SSSR count). The Labute approximate surface area is 113 Å². The molecule has 96 valence electrons. The smallest absolute Gasteiger partial charge is 0.414 e. The third-order valence-electron chi connectivity index (χ3n) is 2.50. The molecule has 1 aromatic rings. The molecule has 0 aliphatic carbocycles. The summed E-state index contributed by atoms with van der Waals surface area (Å²) in [6.45, 7) is 0.684. The maximum atomic E-state index is 11.6. The Morgan fingerprint density at radius 1 is 1.39 bits per heavy atom. The van der Waals surface area contributed by atoms with Gasteiger partial charge in [0.05, 0.1) is 22.9 Å². The molecule has 1 aromatic carbocycles. The topological polar surface area (TPSA) is 66.8 Å². The Hall–Kier alpha value is -1.46. The highest BCUT2D eigenvalue weighted by Crippen LogP contribution is 2.34. The van der Waals surface area contributed by atoms with Crippen molar-refractivity contribution in [2.24, 2.45) is 0 Å². The standard InChI is InChI=1S/C11H9Cl2NO4/c12-6-4-7(10(15)16)9(8(13)5-6)14-2-1-3-18-11(14)17/h4-5H,1-3H2,(H,15,16). The Morgan fingerprint density at radius 2 is 2.11 bits per heavy atom. The highest BCUT2D eigenvalue weighted by atomic mass is 35.5. The Morgan fingerprint density at radius 3 is 2.72 bits per heavy atom. The fraction of sp³-hybridized carbons (Fsp3) is 0.273. The van der Waals surface area contributed by atoms with Gasteiger partial charge >= 0.3 is 12.1 Å². The number of ether oxygens (including phenoxy) is 1. The number of hydrogen-bond donors (Lipinski definition) is 1. The van der Waals surface area contributed by atoms with Crippen molar-refractivity contribution < 1.29 is 19.4 Å². The van der Waals surface area contributed by atoms with E-state index in [1.165, 1.54) is 17.0 Å². The first-order chi connectivity index (χ1) is 8.50. The second-order valence-electron chi connectivity index (χ2n) is 3.71. The molecule has 1 amide bonds. The molecule has 0 aromatic heterocycles. The summed E-state index contributed by atoms with van der Waals surface area (Å²) < 4.78 is 4.87. The molecule has 7 heteroatoms. The number of cyclic esters (lactones) is 1. The Balaban J connectivity index is 2.54. The first kappa shape index (κ1) is 13.0. The summed E-state index contributed by atoms with van der Waals surface area (Å²) in [6, 6.07) is 2.65. The number of halogens is 2. The highest BCUT2D eigenvalue weighted by Gasteiger charge is 2.28. The molecule has 18 heavy (non-hydrogen) atoms. The quantitative estimate of drug-likeness (QED) is 0.909. The van der Waals surface area contributed by atoms with Crippen molar-refractivity contribution in [1.29, 1.82) is 0 Å². The summed E-state index contributed by atoms with van der Waals surface area (Å²) in [4.78, 5) is 24.0. The second-order valence-corrected chi connectivity index (χ2v) is 4.55. The summed E-state index contributed by atoms with van der Waals surface area (Å²) in [5.41, 5.74) is 0.00427. The van der Waals surface area contributed by atoms with Gasteiger partial charge in [0.15, 0.2) is 0 Å². The lowest BCUT2D eigenvalue weighted by molar-refractivity contribution is 0.0697. The first-order valence-electron chi connectivity index (χ1n) is 5.17. The van der Waals surface area contributed by atoms with E-state index < -0.39 is 12.1 Å². The number of anilines is 1. The van der Waals surface area contributed by atoms with Crippen LogP contribution >= 0.6 is 23.2 Å². The van der Waals surface area contributed by atoms with E-state index in [2.05, 4.69) is 0 Å². The molecule has 0 bridgehead atoms. The summed E-state index contributed by atoms with van der Waals surface area (Å²) in [7, 11) is 0. The number of hydrogen-bond acceptors (Lipinski definition) is 3. The molecule has 1 saturated heterocycles. The summed E-state index contributed by atoms with van der Waals surface area (Å²) in [6.07, 6.45) is 0.0111. The molecule has 1 N–H and O–H groups in total. The van der Waals surface area contributed by atoms with Crippen LogP contribution in [0.4, 0.5) is 10.5 Å². The van der Waals surface area contributed by atoms with Crippen LogP contribution in [0.5, 0.6) is 0 Å². The number of carboxylic acid groups (broad SMARTS) is 1. The minimum absolute atomic E-state index is 0.110. The second kappa shape index (κ2) is 5.04. The Kier molecular flexibility index (Phi) is 3.63. The van der Waals surface area contributed by atoms with E-state index in [1.807, 2.05) is 0 Å². The zero-order chi connectivity index (χ0) is 13.3. The molecular formula is C11H9Cl2NO4. The van der Waals surface area contributed by atoms with Gasteiger partial charge in [-0.05, 0) is 18.6 Å². The molecule has 0 atom stereocenters. The lowest BCUT2D eigenvalue weighted by atomic mass is 10.1. The minimum atomic E-state index is -1.20. The number of carbonyl (C=O) groups is 2. The number of carbonyl (C=O) groups excluding carboxylic acids is 1. The van der Waals surface area contributed by atoms with E-state index >= 15 is 0 Å². The van der Waals surface area contributed by atoms with E-state index in [1.54, 1.807) is 0 Å². The van der Waals surface area contributed by atoms with Crippen molar-refractivity contribution in [3.8, 4) is 0 Å². The average molecular weight is 290 g/mol. The van der Waals surface area contributed by atoms with E-state index in [0.29, 0.717) is 19.6 Å². The van der Waals surface area contributed by atoms with Gasteiger partial charge in [-0.15, -0.1) is 0 Å². The molecule has 5 nitrogen and oxygen atoms in total. The van der Waals surface area contributed by atoms with E-state index in [9.17, 15) is 9.59 Å². The lowest BCUT2D eigenvalue weighted by Gasteiger charge is -2.28. The van der Waals surface area contributed by atoms with E-state index in [4.69, 9.17) is 33.0 Å². The van der Waals surface area contributed by atoms with Crippen molar-refractivity contribution in [3.63, 3.8) is 0 Å². The molecule has 1 aliphatic rings. The highest BCUT2D eigenvalue weighted by molar-refractivity contribution is 6.37. The largest absolute Gasteiger partial charge is 0.478 e. The first-order valence-corrected chi connectivity index (χ1v) is 5.93. The molecule has 1 aliphatic heterocycles. The van der Waals surface area contributed by atoms with Crippen LogP contribution in [0.15, 0.2) is 12.1 Å². The van der Waals surface area contributed by atoms with Gasteiger partial charge in [0.2, 0.25) is 0 Å². The summed E-state index contributed by atoms with van der Waals surface area (Å²) >= 11 is 11.7. The van der Waals surface area contributed by atoms with Gasteiger partial charge in [0.1, 0.15) is 0 Å². The fourth-order valence-electron chi connectivity index (χ4n) is 1.76. The van der Waals surface area contributed by atoms with E-state index in [0.717, 1.165) is 0 Å². The van der Waals surface area contributed by atoms with Gasteiger partial charge in [0, 0.05) is 11.6 Å². The van der Waals surface area contributed by atoms with Gasteiger partial charge in [-0.3, -0.25) is 4.90 Å². The zero-order valence-electron chi connectivity index (χ0n) is 9.15. The SMILES string of the molecule is O=C(O)c1cc(Cl)cc(Cl)c1N1CCCOC1=O. The summed E-state index contributed by atoms with van der Waals surface area (Å²) in [5.74, 6) is -1.20. The molecule has 1 fully saturated rings. The number of carboxylic acids is 1. The molecule has 0 spiro atoms. The van der Waals surface area contributed by atoms with Crippen molar-refractivity contribution in [2.75, 3.05) is 18.1 Å². The minimum Gasteiger partial charge on any atom is -0.478 e. The van der Waals surface area contributed by atoms with Crippen LogP contribution in [0.2, 0.25) is 10.0 Å². The van der Waals surface area contributed by atoms with Crippen molar-refractivity contribution in [2.45, 2.75) is 6.42 Å². The number of nitrogens with zero attached hydrogens (tertiary/aromatic N) is 1. The van der Waals surface area contributed by atoms with Crippen LogP contribution in [-0.4, -0.2) is 30.3 Å². The lowest BCUT2D eigenvalue weighted by Crippen LogP contribution is -2.38.